The predicted octanol–water partition coefficient (Wildman–Crippen LogP) is 2.23. The number of halogens is 1. The summed E-state index contributed by atoms with van der Waals surface area (Å²) < 4.78 is 25.3. The zero-order valence-electron chi connectivity index (χ0n) is 16.8. The lowest BCUT2D eigenvalue weighted by atomic mass is 9.62. The quantitative estimate of drug-likeness (QED) is 0.734. The van der Waals surface area contributed by atoms with Crippen LogP contribution in [-0.4, -0.2) is 36.6 Å². The van der Waals surface area contributed by atoms with Gasteiger partial charge in [-0.3, -0.25) is 19.7 Å². The summed E-state index contributed by atoms with van der Waals surface area (Å²) in [6.07, 6.45) is 0.193. The third-order valence-corrected chi connectivity index (χ3v) is 6.63. The Kier molecular flexibility index (Phi) is 4.37. The van der Waals surface area contributed by atoms with Crippen LogP contribution in [0.1, 0.15) is 30.5 Å². The zero-order chi connectivity index (χ0) is 21.8. The summed E-state index contributed by atoms with van der Waals surface area (Å²) in [6.45, 7) is 1.84. The van der Waals surface area contributed by atoms with Crippen molar-refractivity contribution in [2.45, 2.75) is 30.3 Å². The molecule has 3 aliphatic heterocycles. The van der Waals surface area contributed by atoms with Crippen LogP contribution in [0.2, 0.25) is 0 Å². The number of rotatable bonds is 3. The largest absolute Gasteiger partial charge is 0.466 e. The van der Waals surface area contributed by atoms with Gasteiger partial charge >= 0.3 is 11.9 Å². The van der Waals surface area contributed by atoms with Crippen molar-refractivity contribution in [1.29, 1.82) is 0 Å². The van der Waals surface area contributed by atoms with Crippen LogP contribution in [-0.2, 0) is 29.3 Å². The fourth-order valence-electron chi connectivity index (χ4n) is 5.45. The van der Waals surface area contributed by atoms with Gasteiger partial charge < -0.3 is 14.8 Å². The Morgan fingerprint density at radius 1 is 1.19 bits per heavy atom. The average Bonchev–Trinajstić information content (AvgIpc) is 3.38. The Morgan fingerprint density at radius 2 is 1.97 bits per heavy atom. The lowest BCUT2D eigenvalue weighted by Gasteiger charge is -2.34. The summed E-state index contributed by atoms with van der Waals surface area (Å²) in [4.78, 5) is 40.1. The summed E-state index contributed by atoms with van der Waals surface area (Å²) in [5.41, 5.74) is -2.01. The molecule has 0 aromatic heterocycles. The van der Waals surface area contributed by atoms with Crippen molar-refractivity contribution < 1.29 is 28.2 Å². The topological polar surface area (TPSA) is 93.7 Å². The number of esters is 2. The average molecular weight is 424 g/mol. The first-order chi connectivity index (χ1) is 15.0. The molecule has 0 radical (unpaired) electrons. The molecular weight excluding hydrogens is 403 g/mol. The number of para-hydroxylation sites is 1. The Hall–Kier alpha value is -3.26. The monoisotopic (exact) mass is 424 g/mol. The SMILES string of the molecule is CCOC(=O)[C@H]1[C@]2(C(=O)Nc3c(F)cccc32)[C@H](c2ccccc2)N[C@@]12CCOC2=O. The van der Waals surface area contributed by atoms with Crippen molar-refractivity contribution in [3.63, 3.8) is 0 Å². The lowest BCUT2D eigenvalue weighted by Crippen LogP contribution is -2.56. The van der Waals surface area contributed by atoms with Crippen LogP contribution in [0.15, 0.2) is 48.5 Å². The van der Waals surface area contributed by atoms with Crippen LogP contribution >= 0.6 is 0 Å². The number of fused-ring (bicyclic) bond motifs is 2. The van der Waals surface area contributed by atoms with Gasteiger partial charge in [0.2, 0.25) is 5.91 Å². The van der Waals surface area contributed by atoms with E-state index in [0.717, 1.165) is 0 Å². The number of amides is 1. The fraction of sp³-hybridized carbons (Fsp3) is 0.348. The fourth-order valence-corrected chi connectivity index (χ4v) is 5.45. The van der Waals surface area contributed by atoms with Gasteiger partial charge in [-0.05, 0) is 24.1 Å². The normalized spacial score (nSPS) is 31.0. The van der Waals surface area contributed by atoms with Gasteiger partial charge in [0, 0.05) is 6.42 Å². The summed E-state index contributed by atoms with van der Waals surface area (Å²) in [7, 11) is 0. The summed E-state index contributed by atoms with van der Waals surface area (Å²) in [5.74, 6) is -3.69. The molecule has 7 nitrogen and oxygen atoms in total. The summed E-state index contributed by atoms with van der Waals surface area (Å²) in [6, 6.07) is 12.7. The van der Waals surface area contributed by atoms with Crippen molar-refractivity contribution in [2.75, 3.05) is 18.5 Å². The van der Waals surface area contributed by atoms with E-state index in [1.165, 1.54) is 12.1 Å². The van der Waals surface area contributed by atoms with E-state index in [-0.39, 0.29) is 25.3 Å². The molecule has 2 fully saturated rings. The Bertz CT molecular complexity index is 1090. The van der Waals surface area contributed by atoms with Crippen LogP contribution in [0, 0.1) is 11.7 Å². The van der Waals surface area contributed by atoms with E-state index in [4.69, 9.17) is 9.47 Å². The number of cyclic esters (lactones) is 1. The highest BCUT2D eigenvalue weighted by atomic mass is 19.1. The molecule has 2 saturated heterocycles. The second-order valence-electron chi connectivity index (χ2n) is 8.02. The molecule has 0 bridgehead atoms. The van der Waals surface area contributed by atoms with Crippen molar-refractivity contribution in [3.05, 3.63) is 65.5 Å². The molecule has 2 aromatic rings. The molecule has 2 spiro atoms. The molecule has 8 heteroatoms. The van der Waals surface area contributed by atoms with E-state index in [1.807, 2.05) is 18.2 Å². The highest BCUT2D eigenvalue weighted by Gasteiger charge is 2.75. The maximum absolute atomic E-state index is 14.7. The Labute approximate surface area is 177 Å². The number of ether oxygens (including phenoxy) is 2. The minimum absolute atomic E-state index is 0.0212. The molecule has 1 amide bonds. The van der Waals surface area contributed by atoms with Crippen molar-refractivity contribution in [2.24, 2.45) is 5.92 Å². The highest BCUT2D eigenvalue weighted by molar-refractivity contribution is 6.12. The third-order valence-electron chi connectivity index (χ3n) is 6.63. The zero-order valence-corrected chi connectivity index (χ0v) is 16.8. The molecule has 5 rings (SSSR count). The number of benzene rings is 2. The Morgan fingerprint density at radius 3 is 2.65 bits per heavy atom. The minimum Gasteiger partial charge on any atom is -0.466 e. The van der Waals surface area contributed by atoms with Gasteiger partial charge in [-0.25, -0.2) is 4.39 Å². The van der Waals surface area contributed by atoms with Gasteiger partial charge in [-0.15, -0.1) is 0 Å². The standard InChI is InChI=1S/C23H21FN2O5/c1-2-30-19(27)17-22(11-12-31-21(22)29)26-18(13-7-4-3-5-8-13)23(17)14-9-6-10-15(24)16(14)25-20(23)28/h3-10,17-18,26H,2,11-12H2,1H3,(H,25,28)/t17-,18+,22+,23+/m1/s1. The van der Waals surface area contributed by atoms with Crippen LogP contribution < -0.4 is 10.6 Å². The molecule has 4 atom stereocenters. The van der Waals surface area contributed by atoms with Gasteiger partial charge in [0.15, 0.2) is 0 Å². The van der Waals surface area contributed by atoms with Gasteiger partial charge in [-0.2, -0.15) is 0 Å². The van der Waals surface area contributed by atoms with Gasteiger partial charge in [0.05, 0.1) is 24.9 Å². The second kappa shape index (κ2) is 6.88. The van der Waals surface area contributed by atoms with Crippen LogP contribution in [0.5, 0.6) is 0 Å². The number of hydrogen-bond acceptors (Lipinski definition) is 6. The van der Waals surface area contributed by atoms with Crippen LogP contribution in [0.3, 0.4) is 0 Å². The van der Waals surface area contributed by atoms with Crippen molar-refractivity contribution >= 4 is 23.5 Å². The highest BCUT2D eigenvalue weighted by Crippen LogP contribution is 2.60. The van der Waals surface area contributed by atoms with E-state index >= 15 is 0 Å². The molecule has 3 aliphatic rings. The van der Waals surface area contributed by atoms with E-state index in [0.29, 0.717) is 11.1 Å². The van der Waals surface area contributed by atoms with Crippen molar-refractivity contribution in [3.8, 4) is 0 Å². The number of carbonyl (C=O) groups excluding carboxylic acids is 3. The van der Waals surface area contributed by atoms with E-state index < -0.39 is 46.6 Å². The third kappa shape index (κ3) is 2.45. The first-order valence-corrected chi connectivity index (χ1v) is 10.2. The van der Waals surface area contributed by atoms with Gasteiger partial charge in [-0.1, -0.05) is 42.5 Å². The van der Waals surface area contributed by atoms with E-state index in [2.05, 4.69) is 10.6 Å². The van der Waals surface area contributed by atoms with E-state index in [9.17, 15) is 18.8 Å². The molecular formula is C23H21FN2O5. The minimum atomic E-state index is -1.59. The molecule has 3 heterocycles. The molecule has 0 unspecified atom stereocenters. The van der Waals surface area contributed by atoms with E-state index in [1.54, 1.807) is 25.1 Å². The maximum atomic E-state index is 14.7. The molecule has 2 N–H and O–H groups in total. The van der Waals surface area contributed by atoms with Gasteiger partial charge in [0.25, 0.3) is 0 Å². The lowest BCUT2D eigenvalue weighted by molar-refractivity contribution is -0.159. The first-order valence-electron chi connectivity index (χ1n) is 10.2. The van der Waals surface area contributed by atoms with Crippen LogP contribution in [0.4, 0.5) is 10.1 Å². The smallest absolute Gasteiger partial charge is 0.327 e. The molecule has 31 heavy (non-hydrogen) atoms. The molecule has 0 saturated carbocycles. The number of anilines is 1. The summed E-state index contributed by atoms with van der Waals surface area (Å²) in [5, 5.41) is 5.92. The van der Waals surface area contributed by atoms with Crippen LogP contribution in [0.25, 0.3) is 0 Å². The number of hydrogen-bond donors (Lipinski definition) is 2. The molecule has 0 aliphatic carbocycles. The second-order valence-corrected chi connectivity index (χ2v) is 8.02. The van der Waals surface area contributed by atoms with Gasteiger partial charge in [0.1, 0.15) is 22.7 Å². The first kappa shape index (κ1) is 19.7. The number of carbonyl (C=O) groups is 3. The van der Waals surface area contributed by atoms with Crippen molar-refractivity contribution in [1.82, 2.24) is 5.32 Å². The predicted molar refractivity (Wildman–Crippen MR) is 107 cm³/mol. The molecule has 160 valence electrons. The number of nitrogens with one attached hydrogen (secondary N) is 2. The maximum Gasteiger partial charge on any atom is 0.327 e. The summed E-state index contributed by atoms with van der Waals surface area (Å²) >= 11 is 0. The molecule has 2 aromatic carbocycles. The Balaban J connectivity index is 1.84.